The van der Waals surface area contributed by atoms with Crippen LogP contribution in [0.25, 0.3) is 0 Å². The first kappa shape index (κ1) is 87.9. The zero-order chi connectivity index (χ0) is 68.1. The summed E-state index contributed by atoms with van der Waals surface area (Å²) in [5.41, 5.74) is 22.2. The van der Waals surface area contributed by atoms with Crippen LogP contribution < -0.4 is 49.1 Å². The zero-order valence-corrected chi connectivity index (χ0v) is 59.6. The molecule has 93 heavy (non-hydrogen) atoms. The number of amides is 7. The topological polar surface area (TPSA) is 305 Å². The predicted octanol–water partition coefficient (Wildman–Crippen LogP) is 14.9. The SMILES string of the molecule is CCCCCCCCCCCC/C=N/NC(=O)CC[C@H](NC(=O)CC[C@H](NC(=O)[C@@H](N)CCCCN)C(=O)N[C@@H](CCC(=O)N/N=C/CCCCCCCCCCCC)C(=O)N/N=C/CCCCCCCCCCCC)C(=O)N/N=C/CCCCCCCCCCCC. The molecule has 0 rings (SSSR count). The van der Waals surface area contributed by atoms with Gasteiger partial charge < -0.3 is 27.4 Å². The average Bonchev–Trinajstić information content (AvgIpc) is 1.99. The molecule has 0 aromatic carbocycles. The van der Waals surface area contributed by atoms with E-state index in [-0.39, 0.29) is 44.9 Å². The predicted molar refractivity (Wildman–Crippen MR) is 387 cm³/mol. The quantitative estimate of drug-likeness (QED) is 0.0159. The number of nitrogens with zero attached hydrogens (tertiary/aromatic N) is 4. The second-order valence-corrected chi connectivity index (χ2v) is 25.9. The van der Waals surface area contributed by atoms with E-state index >= 15 is 0 Å². The summed E-state index contributed by atoms with van der Waals surface area (Å²) < 4.78 is 0. The van der Waals surface area contributed by atoms with E-state index in [2.05, 4.69) is 85.8 Å². The highest BCUT2D eigenvalue weighted by Gasteiger charge is 2.30. The van der Waals surface area contributed by atoms with E-state index in [1.165, 1.54) is 186 Å². The van der Waals surface area contributed by atoms with Crippen molar-refractivity contribution >= 4 is 66.2 Å². The number of carbonyl (C=O) groups is 7. The lowest BCUT2D eigenvalue weighted by Crippen LogP contribution is -2.56. The molecule has 0 saturated carbocycles. The molecule has 0 spiro atoms. The maximum absolute atomic E-state index is 14.4. The monoisotopic (exact) mass is 1310 g/mol. The Balaban J connectivity index is 6.19. The Bertz CT molecular complexity index is 1960. The molecule has 0 radical (unpaired) electrons. The zero-order valence-electron chi connectivity index (χ0n) is 59.6. The van der Waals surface area contributed by atoms with Crippen LogP contribution in [0.3, 0.4) is 0 Å². The molecule has 0 unspecified atom stereocenters. The Hall–Kier alpha value is -5.11. The second kappa shape index (κ2) is 68.3. The van der Waals surface area contributed by atoms with Gasteiger partial charge in [0.1, 0.15) is 18.1 Å². The minimum Gasteiger partial charge on any atom is -0.344 e. The van der Waals surface area contributed by atoms with E-state index in [0.717, 1.165) is 77.0 Å². The van der Waals surface area contributed by atoms with E-state index in [9.17, 15) is 33.6 Å². The molecule has 0 fully saturated rings. The minimum atomic E-state index is -1.38. The lowest BCUT2D eigenvalue weighted by atomic mass is 10.0. The van der Waals surface area contributed by atoms with Gasteiger partial charge in [0, 0.05) is 44.1 Å². The molecule has 0 aliphatic heterocycles. The molecule has 0 saturated heterocycles. The molecule has 11 N–H and O–H groups in total. The summed E-state index contributed by atoms with van der Waals surface area (Å²) in [6, 6.07) is -4.86. The summed E-state index contributed by atoms with van der Waals surface area (Å²) >= 11 is 0. The molecule has 538 valence electrons. The van der Waals surface area contributed by atoms with Gasteiger partial charge in [-0.1, -0.05) is 265 Å². The van der Waals surface area contributed by atoms with Crippen molar-refractivity contribution in [3.8, 4) is 0 Å². The third-order valence-electron chi connectivity index (χ3n) is 17.0. The van der Waals surface area contributed by atoms with Crippen molar-refractivity contribution in [2.75, 3.05) is 6.54 Å². The highest BCUT2D eigenvalue weighted by Crippen LogP contribution is 2.16. The first-order valence-electron chi connectivity index (χ1n) is 38.0. The first-order chi connectivity index (χ1) is 45.4. The van der Waals surface area contributed by atoms with Gasteiger partial charge in [0.25, 0.3) is 11.8 Å². The normalized spacial score (nSPS) is 13.0. The number of rotatable bonds is 68. The summed E-state index contributed by atoms with van der Waals surface area (Å²) in [7, 11) is 0. The highest BCUT2D eigenvalue weighted by molar-refractivity contribution is 5.94. The molecule has 0 aromatic heterocycles. The van der Waals surface area contributed by atoms with E-state index in [0.29, 0.717) is 38.6 Å². The molecule has 0 aromatic rings. The van der Waals surface area contributed by atoms with Crippen LogP contribution in [0.15, 0.2) is 20.4 Å². The third kappa shape index (κ3) is 59.1. The Labute approximate surface area is 565 Å². The van der Waals surface area contributed by atoms with Crippen LogP contribution in [-0.2, 0) is 33.6 Å². The van der Waals surface area contributed by atoms with Crippen molar-refractivity contribution in [2.45, 2.75) is 392 Å². The summed E-state index contributed by atoms with van der Waals surface area (Å²) in [6.07, 6.45) is 57.8. The molecular weight excluding hydrogens is 1170 g/mol. The number of carbonyl (C=O) groups excluding carboxylic acids is 7. The van der Waals surface area contributed by atoms with E-state index in [4.69, 9.17) is 11.5 Å². The first-order valence-corrected chi connectivity index (χ1v) is 38.0. The number of nitrogens with two attached hydrogens (primary N) is 2. The largest absolute Gasteiger partial charge is 0.344 e. The minimum absolute atomic E-state index is 0.0829. The molecule has 0 aliphatic rings. The fraction of sp³-hybridized carbons (Fsp3) is 0.849. The lowest BCUT2D eigenvalue weighted by molar-refractivity contribution is -0.133. The van der Waals surface area contributed by atoms with Gasteiger partial charge in [-0.25, -0.2) is 21.7 Å². The molecule has 0 heterocycles. The smallest absolute Gasteiger partial charge is 0.262 e. The Morgan fingerprint density at radius 2 is 0.548 bits per heavy atom. The molecule has 4 atom stereocenters. The second-order valence-electron chi connectivity index (χ2n) is 25.9. The van der Waals surface area contributed by atoms with Crippen molar-refractivity contribution < 1.29 is 33.6 Å². The number of hydrazone groups is 4. The fourth-order valence-electron chi connectivity index (χ4n) is 11.0. The van der Waals surface area contributed by atoms with Gasteiger partial charge in [-0.05, 0) is 90.0 Å². The maximum Gasteiger partial charge on any atom is 0.262 e. The van der Waals surface area contributed by atoms with Gasteiger partial charge in [0.05, 0.1) is 6.04 Å². The van der Waals surface area contributed by atoms with Crippen LogP contribution in [0.4, 0.5) is 0 Å². The van der Waals surface area contributed by atoms with Crippen molar-refractivity contribution in [3.63, 3.8) is 0 Å². The molecule has 0 bridgehead atoms. The highest BCUT2D eigenvalue weighted by atomic mass is 16.2. The summed E-state index contributed by atoms with van der Waals surface area (Å²) in [6.45, 7) is 9.32. The van der Waals surface area contributed by atoms with Crippen LogP contribution in [0.1, 0.15) is 368 Å². The fourth-order valence-corrected chi connectivity index (χ4v) is 11.0. The van der Waals surface area contributed by atoms with Gasteiger partial charge in [-0.2, -0.15) is 20.4 Å². The van der Waals surface area contributed by atoms with Crippen LogP contribution in [0, 0.1) is 0 Å². The number of hydrogen-bond acceptors (Lipinski definition) is 13. The Kier molecular flexibility index (Phi) is 64.5. The van der Waals surface area contributed by atoms with E-state index in [1.54, 1.807) is 24.9 Å². The molecular formula is C73H139N13O7. The third-order valence-corrected chi connectivity index (χ3v) is 17.0. The van der Waals surface area contributed by atoms with Crippen LogP contribution in [0.2, 0.25) is 0 Å². The maximum atomic E-state index is 14.4. The molecule has 7 amide bonds. The standard InChI is InChI=1S/C73H139N13O7/c1-5-9-13-17-21-25-29-33-37-41-47-59-76-83-68(88)56-53-65(72(92)85-78-61-49-43-39-35-31-27-23-19-15-11-7-3)80-67(87)55-52-64(81-70(90)63(75)51-45-46-58-74)71(91)82-66(73(93)86-79-62-50-44-40-36-32-28-24-20-16-12-8-4)54-57-69(89)84-77-60-48-42-38-34-30-26-22-18-14-10-6-2/h59-66H,5-58,74-75H2,1-4H3,(H,80,87)(H,81,90)(H,82,91)(H,83,88)(H,84,89)(H,85,92)(H,86,93)/b76-59+,77-60+,78-61+,79-62+/t63-,64-,65-,66-/m0/s1. The summed E-state index contributed by atoms with van der Waals surface area (Å²) in [5.74, 6) is -4.29. The van der Waals surface area contributed by atoms with E-state index in [1.807, 2.05) is 0 Å². The van der Waals surface area contributed by atoms with Gasteiger partial charge in [0.2, 0.25) is 29.5 Å². The Morgan fingerprint density at radius 3 is 0.860 bits per heavy atom. The summed E-state index contributed by atoms with van der Waals surface area (Å²) in [5, 5.41) is 24.7. The van der Waals surface area contributed by atoms with Gasteiger partial charge in [-0.15, -0.1) is 0 Å². The van der Waals surface area contributed by atoms with Crippen LogP contribution >= 0.6 is 0 Å². The average molecular weight is 1310 g/mol. The molecule has 0 aliphatic carbocycles. The van der Waals surface area contributed by atoms with Crippen molar-refractivity contribution in [1.82, 2.24) is 37.7 Å². The number of nitrogens with one attached hydrogen (secondary N) is 7. The van der Waals surface area contributed by atoms with Crippen molar-refractivity contribution in [3.05, 3.63) is 0 Å². The number of hydrogen-bond donors (Lipinski definition) is 9. The van der Waals surface area contributed by atoms with Crippen LogP contribution in [0.5, 0.6) is 0 Å². The molecule has 20 nitrogen and oxygen atoms in total. The van der Waals surface area contributed by atoms with Crippen molar-refractivity contribution in [2.24, 2.45) is 31.9 Å². The van der Waals surface area contributed by atoms with Crippen molar-refractivity contribution in [1.29, 1.82) is 0 Å². The summed E-state index contributed by atoms with van der Waals surface area (Å²) in [4.78, 5) is 95.6. The molecule has 20 heteroatoms. The van der Waals surface area contributed by atoms with Crippen LogP contribution in [-0.4, -0.2) is 96.9 Å². The number of unbranched alkanes of at least 4 members (excludes halogenated alkanes) is 41. The lowest BCUT2D eigenvalue weighted by Gasteiger charge is -2.24. The van der Waals surface area contributed by atoms with Gasteiger partial charge >= 0.3 is 0 Å². The van der Waals surface area contributed by atoms with Gasteiger partial charge in [-0.3, -0.25) is 33.6 Å². The van der Waals surface area contributed by atoms with E-state index < -0.39 is 65.5 Å². The Morgan fingerprint density at radius 1 is 0.290 bits per heavy atom. The van der Waals surface area contributed by atoms with Gasteiger partial charge in [0.15, 0.2) is 0 Å².